The van der Waals surface area contributed by atoms with Crippen LogP contribution in [0.3, 0.4) is 0 Å². The predicted octanol–water partition coefficient (Wildman–Crippen LogP) is 1.02. The number of aliphatic carboxylic acids is 1. The van der Waals surface area contributed by atoms with E-state index in [1.54, 1.807) is 12.5 Å². The highest BCUT2D eigenvalue weighted by atomic mass is 16.5. The molecule has 17 heavy (non-hydrogen) atoms. The number of nitrogens with zero attached hydrogens (tertiary/aromatic N) is 2. The number of rotatable bonds is 6. The van der Waals surface area contributed by atoms with Crippen LogP contribution in [0.2, 0.25) is 0 Å². The van der Waals surface area contributed by atoms with Gasteiger partial charge in [0.25, 0.3) is 0 Å². The van der Waals surface area contributed by atoms with Crippen molar-refractivity contribution in [3.63, 3.8) is 0 Å². The highest BCUT2D eigenvalue weighted by Gasteiger charge is 2.22. The van der Waals surface area contributed by atoms with E-state index in [1.807, 2.05) is 11.5 Å². The largest absolute Gasteiger partial charge is 0.481 e. The number of methoxy groups -OCH3 is 1. The number of hydrogen-bond donors (Lipinski definition) is 1. The lowest BCUT2D eigenvalue weighted by Crippen LogP contribution is -2.15. The smallest absolute Gasteiger partial charge is 0.306 e. The van der Waals surface area contributed by atoms with Gasteiger partial charge in [-0.25, -0.2) is 4.98 Å². The number of esters is 1. The molecular formula is C11H16N2O4. The number of carboxylic acid groups (broad SMARTS) is 1. The van der Waals surface area contributed by atoms with Crippen LogP contribution in [0.15, 0.2) is 12.5 Å². The molecule has 1 atom stereocenters. The summed E-state index contributed by atoms with van der Waals surface area (Å²) in [6.07, 6.45) is 3.16. The van der Waals surface area contributed by atoms with E-state index >= 15 is 0 Å². The zero-order chi connectivity index (χ0) is 12.8. The summed E-state index contributed by atoms with van der Waals surface area (Å²) in [7, 11) is 1.29. The topological polar surface area (TPSA) is 81.4 Å². The Balaban J connectivity index is 2.89. The number of aromatic nitrogens is 2. The molecule has 6 heteroatoms. The molecule has 6 nitrogen and oxygen atoms in total. The van der Waals surface area contributed by atoms with E-state index in [2.05, 4.69) is 9.72 Å². The van der Waals surface area contributed by atoms with Crippen molar-refractivity contribution in [3.05, 3.63) is 18.2 Å². The molecule has 1 aromatic heterocycles. The summed E-state index contributed by atoms with van der Waals surface area (Å²) in [6, 6.07) is 0. The van der Waals surface area contributed by atoms with Gasteiger partial charge < -0.3 is 14.4 Å². The van der Waals surface area contributed by atoms with Crippen LogP contribution in [-0.4, -0.2) is 33.7 Å². The number of carbonyl (C=O) groups is 2. The summed E-state index contributed by atoms with van der Waals surface area (Å²) in [5.41, 5.74) is 0.750. The fraction of sp³-hybridized carbons (Fsp3) is 0.545. The van der Waals surface area contributed by atoms with Crippen molar-refractivity contribution >= 4 is 11.9 Å². The molecule has 0 fully saturated rings. The van der Waals surface area contributed by atoms with E-state index < -0.39 is 17.9 Å². The van der Waals surface area contributed by atoms with Gasteiger partial charge in [-0.3, -0.25) is 9.59 Å². The maximum absolute atomic E-state index is 11.3. The summed E-state index contributed by atoms with van der Waals surface area (Å²) in [6.45, 7) is 2.62. The molecule has 1 N–H and O–H groups in total. The standard InChI is InChI=1S/C11H16N2O4/c1-3-13-7-12-6-9(13)8(4-10(14)15)5-11(16)17-2/h6-8H,3-5H2,1-2H3,(H,14,15). The van der Waals surface area contributed by atoms with Crippen LogP contribution in [0.5, 0.6) is 0 Å². The summed E-state index contributed by atoms with van der Waals surface area (Å²) in [4.78, 5) is 26.0. The van der Waals surface area contributed by atoms with Crippen LogP contribution in [0.4, 0.5) is 0 Å². The maximum Gasteiger partial charge on any atom is 0.306 e. The lowest BCUT2D eigenvalue weighted by Gasteiger charge is -2.15. The predicted molar refractivity (Wildman–Crippen MR) is 59.5 cm³/mol. The van der Waals surface area contributed by atoms with Gasteiger partial charge in [0.15, 0.2) is 0 Å². The Morgan fingerprint density at radius 2 is 2.24 bits per heavy atom. The van der Waals surface area contributed by atoms with Gasteiger partial charge in [0.1, 0.15) is 0 Å². The third kappa shape index (κ3) is 3.58. The second-order valence-corrected chi connectivity index (χ2v) is 3.68. The van der Waals surface area contributed by atoms with Crippen LogP contribution in [0.25, 0.3) is 0 Å². The quantitative estimate of drug-likeness (QED) is 0.751. The first-order valence-corrected chi connectivity index (χ1v) is 5.37. The Morgan fingerprint density at radius 3 is 2.76 bits per heavy atom. The highest BCUT2D eigenvalue weighted by molar-refractivity contribution is 5.73. The van der Waals surface area contributed by atoms with Crippen molar-refractivity contribution in [2.24, 2.45) is 0 Å². The second kappa shape index (κ2) is 6.03. The summed E-state index contributed by atoms with van der Waals surface area (Å²) in [5.74, 6) is -1.76. The first kappa shape index (κ1) is 13.2. The number of imidazole rings is 1. The molecule has 0 aromatic carbocycles. The molecule has 1 aromatic rings. The Morgan fingerprint density at radius 1 is 1.53 bits per heavy atom. The monoisotopic (exact) mass is 240 g/mol. The van der Waals surface area contributed by atoms with Crippen LogP contribution >= 0.6 is 0 Å². The number of ether oxygens (including phenoxy) is 1. The zero-order valence-corrected chi connectivity index (χ0v) is 9.92. The summed E-state index contributed by atoms with van der Waals surface area (Å²) >= 11 is 0. The zero-order valence-electron chi connectivity index (χ0n) is 9.92. The first-order valence-electron chi connectivity index (χ1n) is 5.37. The second-order valence-electron chi connectivity index (χ2n) is 3.68. The molecule has 0 aliphatic carbocycles. The number of carbonyl (C=O) groups excluding carboxylic acids is 1. The normalized spacial score (nSPS) is 12.1. The van der Waals surface area contributed by atoms with Crippen LogP contribution in [-0.2, 0) is 20.9 Å². The maximum atomic E-state index is 11.3. The summed E-state index contributed by atoms with van der Waals surface area (Å²) < 4.78 is 6.40. The van der Waals surface area contributed by atoms with E-state index in [0.717, 1.165) is 5.69 Å². The number of hydrogen-bond acceptors (Lipinski definition) is 4. The molecule has 94 valence electrons. The lowest BCUT2D eigenvalue weighted by molar-refractivity contribution is -0.142. The molecule has 0 bridgehead atoms. The van der Waals surface area contributed by atoms with Gasteiger partial charge in [0, 0.05) is 24.4 Å². The average Bonchev–Trinajstić information content (AvgIpc) is 2.75. The van der Waals surface area contributed by atoms with Crippen molar-refractivity contribution in [1.29, 1.82) is 0 Å². The molecule has 1 heterocycles. The molecule has 0 radical (unpaired) electrons. The fourth-order valence-electron chi connectivity index (χ4n) is 1.71. The Labute approximate surface area is 99.2 Å². The average molecular weight is 240 g/mol. The van der Waals surface area contributed by atoms with E-state index in [-0.39, 0.29) is 12.8 Å². The van der Waals surface area contributed by atoms with E-state index in [0.29, 0.717) is 6.54 Å². The Kier molecular flexibility index (Phi) is 4.68. The van der Waals surface area contributed by atoms with Gasteiger partial charge in [0.2, 0.25) is 0 Å². The minimum absolute atomic E-state index is 0.0501. The Hall–Kier alpha value is -1.85. The third-order valence-electron chi connectivity index (χ3n) is 2.57. The van der Waals surface area contributed by atoms with E-state index in [4.69, 9.17) is 5.11 Å². The molecule has 0 aliphatic heterocycles. The molecule has 0 amide bonds. The fourth-order valence-corrected chi connectivity index (χ4v) is 1.71. The number of carboxylic acids is 1. The van der Waals surface area contributed by atoms with Gasteiger partial charge in [0.05, 0.1) is 26.3 Å². The van der Waals surface area contributed by atoms with Crippen LogP contribution in [0.1, 0.15) is 31.4 Å². The molecular weight excluding hydrogens is 224 g/mol. The third-order valence-corrected chi connectivity index (χ3v) is 2.57. The first-order chi connectivity index (χ1) is 8.08. The molecule has 0 spiro atoms. The van der Waals surface area contributed by atoms with E-state index in [1.165, 1.54) is 7.11 Å². The van der Waals surface area contributed by atoms with Crippen molar-refractivity contribution in [1.82, 2.24) is 9.55 Å². The molecule has 0 saturated carbocycles. The van der Waals surface area contributed by atoms with Crippen LogP contribution < -0.4 is 0 Å². The minimum Gasteiger partial charge on any atom is -0.481 e. The van der Waals surface area contributed by atoms with Crippen molar-refractivity contribution < 1.29 is 19.4 Å². The van der Waals surface area contributed by atoms with Crippen molar-refractivity contribution in [2.45, 2.75) is 32.2 Å². The molecule has 1 rings (SSSR count). The van der Waals surface area contributed by atoms with Crippen LogP contribution in [0, 0.1) is 0 Å². The van der Waals surface area contributed by atoms with Gasteiger partial charge in [-0.15, -0.1) is 0 Å². The van der Waals surface area contributed by atoms with Crippen molar-refractivity contribution in [2.75, 3.05) is 7.11 Å². The van der Waals surface area contributed by atoms with Crippen molar-refractivity contribution in [3.8, 4) is 0 Å². The Bertz CT molecular complexity index is 400. The number of aryl methyl sites for hydroxylation is 1. The van der Waals surface area contributed by atoms with Gasteiger partial charge in [-0.2, -0.15) is 0 Å². The minimum atomic E-state index is -0.942. The SMILES string of the molecule is CCn1cncc1C(CC(=O)O)CC(=O)OC. The lowest BCUT2D eigenvalue weighted by atomic mass is 9.98. The molecule has 0 saturated heterocycles. The van der Waals surface area contributed by atoms with Gasteiger partial charge in [-0.05, 0) is 6.92 Å². The van der Waals surface area contributed by atoms with Gasteiger partial charge in [-0.1, -0.05) is 0 Å². The summed E-state index contributed by atoms with van der Waals surface area (Å²) in [5, 5.41) is 8.85. The molecule has 1 unspecified atom stereocenters. The highest BCUT2D eigenvalue weighted by Crippen LogP contribution is 2.23. The van der Waals surface area contributed by atoms with E-state index in [9.17, 15) is 9.59 Å². The van der Waals surface area contributed by atoms with Gasteiger partial charge >= 0.3 is 11.9 Å². The molecule has 0 aliphatic rings.